The number of hydrogen-bond donors (Lipinski definition) is 2. The number of aliphatic carboxylic acids is 1. The second kappa shape index (κ2) is 4.43. The highest BCUT2D eigenvalue weighted by molar-refractivity contribution is 9.10. The maximum Gasteiger partial charge on any atom is 0.325 e. The molecule has 0 unspecified atom stereocenters. The standard InChI is InChI=1S/C9H10BrNO3/c1-14-5-2-3-6(7(10)4-5)8(11)9(12)13/h2-4,8H,11H2,1H3,(H,12,13)/t8-/m1/s1. The zero-order chi connectivity index (χ0) is 10.7. The summed E-state index contributed by atoms with van der Waals surface area (Å²) in [4.78, 5) is 10.6. The number of hydrogen-bond acceptors (Lipinski definition) is 3. The Morgan fingerprint density at radius 3 is 2.71 bits per heavy atom. The van der Waals surface area contributed by atoms with Crippen molar-refractivity contribution in [1.29, 1.82) is 0 Å². The summed E-state index contributed by atoms with van der Waals surface area (Å²) in [5.74, 6) is -0.408. The predicted octanol–water partition coefficient (Wildman–Crippen LogP) is 1.54. The zero-order valence-electron chi connectivity index (χ0n) is 7.53. The minimum atomic E-state index is -1.06. The van der Waals surface area contributed by atoms with Gasteiger partial charge in [-0.25, -0.2) is 0 Å². The molecule has 1 rings (SSSR count). The van der Waals surface area contributed by atoms with Crippen LogP contribution in [-0.4, -0.2) is 18.2 Å². The summed E-state index contributed by atoms with van der Waals surface area (Å²) in [5, 5.41) is 8.71. The van der Waals surface area contributed by atoms with Gasteiger partial charge in [0.2, 0.25) is 0 Å². The fourth-order valence-electron chi connectivity index (χ4n) is 1.02. The van der Waals surface area contributed by atoms with Gasteiger partial charge in [-0.2, -0.15) is 0 Å². The van der Waals surface area contributed by atoms with E-state index >= 15 is 0 Å². The Morgan fingerprint density at radius 2 is 2.29 bits per heavy atom. The van der Waals surface area contributed by atoms with Crippen molar-refractivity contribution in [3.05, 3.63) is 28.2 Å². The van der Waals surface area contributed by atoms with E-state index in [-0.39, 0.29) is 0 Å². The van der Waals surface area contributed by atoms with Crippen LogP contribution in [0.2, 0.25) is 0 Å². The van der Waals surface area contributed by atoms with Gasteiger partial charge < -0.3 is 15.6 Å². The fourth-order valence-corrected chi connectivity index (χ4v) is 1.62. The van der Waals surface area contributed by atoms with Gasteiger partial charge in [-0.3, -0.25) is 4.79 Å². The minimum Gasteiger partial charge on any atom is -0.497 e. The first kappa shape index (κ1) is 11.0. The molecule has 3 N–H and O–H groups in total. The van der Waals surface area contributed by atoms with E-state index in [1.54, 1.807) is 25.3 Å². The Labute approximate surface area is 89.8 Å². The summed E-state index contributed by atoms with van der Waals surface area (Å²) in [6.07, 6.45) is 0. The van der Waals surface area contributed by atoms with Crippen LogP contribution in [0.15, 0.2) is 22.7 Å². The first-order valence-corrected chi connectivity index (χ1v) is 4.67. The molecule has 0 aliphatic carbocycles. The van der Waals surface area contributed by atoms with Crippen LogP contribution < -0.4 is 10.5 Å². The molecule has 0 fully saturated rings. The lowest BCUT2D eigenvalue weighted by Gasteiger charge is -2.10. The molecule has 0 aliphatic rings. The highest BCUT2D eigenvalue weighted by Crippen LogP contribution is 2.26. The zero-order valence-corrected chi connectivity index (χ0v) is 9.11. The molecule has 0 radical (unpaired) electrons. The number of carboxylic acid groups (broad SMARTS) is 1. The van der Waals surface area contributed by atoms with E-state index in [1.807, 2.05) is 0 Å². The van der Waals surface area contributed by atoms with Crippen LogP contribution >= 0.6 is 15.9 Å². The maximum absolute atomic E-state index is 10.6. The summed E-state index contributed by atoms with van der Waals surface area (Å²) in [6.45, 7) is 0. The van der Waals surface area contributed by atoms with E-state index in [9.17, 15) is 4.79 Å². The topological polar surface area (TPSA) is 72.5 Å². The van der Waals surface area contributed by atoms with Crippen LogP contribution in [-0.2, 0) is 4.79 Å². The van der Waals surface area contributed by atoms with Crippen LogP contribution in [0.25, 0.3) is 0 Å². The third-order valence-electron chi connectivity index (χ3n) is 1.81. The maximum atomic E-state index is 10.6. The highest BCUT2D eigenvalue weighted by Gasteiger charge is 2.17. The Morgan fingerprint density at radius 1 is 1.64 bits per heavy atom. The number of carbonyl (C=O) groups is 1. The van der Waals surface area contributed by atoms with Crippen LogP contribution in [0.1, 0.15) is 11.6 Å². The van der Waals surface area contributed by atoms with Crippen molar-refractivity contribution in [1.82, 2.24) is 0 Å². The van der Waals surface area contributed by atoms with Gasteiger partial charge in [0.15, 0.2) is 0 Å². The lowest BCUT2D eigenvalue weighted by Crippen LogP contribution is -2.20. The quantitative estimate of drug-likeness (QED) is 0.864. The Kier molecular flexibility index (Phi) is 3.49. The van der Waals surface area contributed by atoms with Crippen LogP contribution in [0.3, 0.4) is 0 Å². The van der Waals surface area contributed by atoms with Crippen molar-refractivity contribution >= 4 is 21.9 Å². The Bertz CT molecular complexity index is 354. The minimum absolute atomic E-state index is 0.526. The highest BCUT2D eigenvalue weighted by atomic mass is 79.9. The van der Waals surface area contributed by atoms with Crippen LogP contribution in [0.5, 0.6) is 5.75 Å². The van der Waals surface area contributed by atoms with Gasteiger partial charge in [-0.1, -0.05) is 22.0 Å². The molecular formula is C9H10BrNO3. The van der Waals surface area contributed by atoms with Gasteiger partial charge in [-0.05, 0) is 17.7 Å². The normalized spacial score (nSPS) is 12.2. The molecule has 0 heterocycles. The summed E-state index contributed by atoms with van der Waals surface area (Å²) >= 11 is 3.23. The largest absolute Gasteiger partial charge is 0.497 e. The molecule has 0 saturated heterocycles. The molecule has 1 aromatic carbocycles. The number of methoxy groups -OCH3 is 1. The monoisotopic (exact) mass is 259 g/mol. The Hall–Kier alpha value is -1.07. The number of halogens is 1. The summed E-state index contributed by atoms with van der Waals surface area (Å²) in [7, 11) is 1.54. The van der Waals surface area contributed by atoms with Gasteiger partial charge in [0, 0.05) is 4.47 Å². The molecule has 0 bridgehead atoms. The predicted molar refractivity (Wildman–Crippen MR) is 55.3 cm³/mol. The van der Waals surface area contributed by atoms with Gasteiger partial charge in [0.25, 0.3) is 0 Å². The second-order valence-corrected chi connectivity index (χ2v) is 3.56. The van der Waals surface area contributed by atoms with Crippen molar-refractivity contribution in [2.24, 2.45) is 5.73 Å². The smallest absolute Gasteiger partial charge is 0.325 e. The van der Waals surface area contributed by atoms with Gasteiger partial charge in [0.1, 0.15) is 11.8 Å². The molecule has 0 aromatic heterocycles. The van der Waals surface area contributed by atoms with Crippen molar-refractivity contribution in [2.45, 2.75) is 6.04 Å². The summed E-state index contributed by atoms with van der Waals surface area (Å²) in [6, 6.07) is 3.96. The van der Waals surface area contributed by atoms with E-state index in [2.05, 4.69) is 15.9 Å². The molecule has 0 saturated carbocycles. The lowest BCUT2D eigenvalue weighted by atomic mass is 10.1. The van der Waals surface area contributed by atoms with Gasteiger partial charge in [-0.15, -0.1) is 0 Å². The summed E-state index contributed by atoms with van der Waals surface area (Å²) < 4.78 is 5.60. The van der Waals surface area contributed by atoms with E-state index in [4.69, 9.17) is 15.6 Å². The number of carboxylic acids is 1. The Balaban J connectivity index is 3.05. The number of ether oxygens (including phenoxy) is 1. The molecule has 4 nitrogen and oxygen atoms in total. The van der Waals surface area contributed by atoms with E-state index in [0.717, 1.165) is 0 Å². The van der Waals surface area contributed by atoms with E-state index in [1.165, 1.54) is 0 Å². The molecule has 0 amide bonds. The van der Waals surface area contributed by atoms with Crippen molar-refractivity contribution in [3.8, 4) is 5.75 Å². The van der Waals surface area contributed by atoms with Crippen molar-refractivity contribution in [2.75, 3.05) is 7.11 Å². The molecule has 76 valence electrons. The molecule has 5 heteroatoms. The molecule has 1 aromatic rings. The SMILES string of the molecule is COc1ccc([C@@H](N)C(=O)O)c(Br)c1. The first-order valence-electron chi connectivity index (χ1n) is 3.88. The number of benzene rings is 1. The summed E-state index contributed by atoms with van der Waals surface area (Å²) in [5.41, 5.74) is 5.99. The van der Waals surface area contributed by atoms with Gasteiger partial charge in [0.05, 0.1) is 7.11 Å². The average molecular weight is 260 g/mol. The third-order valence-corrected chi connectivity index (χ3v) is 2.50. The second-order valence-electron chi connectivity index (χ2n) is 2.70. The molecule has 14 heavy (non-hydrogen) atoms. The van der Waals surface area contributed by atoms with Gasteiger partial charge >= 0.3 is 5.97 Å². The lowest BCUT2D eigenvalue weighted by molar-refractivity contribution is -0.138. The van der Waals surface area contributed by atoms with Crippen molar-refractivity contribution in [3.63, 3.8) is 0 Å². The third kappa shape index (κ3) is 2.24. The molecule has 0 spiro atoms. The number of nitrogens with two attached hydrogens (primary N) is 1. The first-order chi connectivity index (χ1) is 6.56. The van der Waals surface area contributed by atoms with Crippen LogP contribution in [0.4, 0.5) is 0 Å². The molecule has 1 atom stereocenters. The number of rotatable bonds is 3. The molecule has 0 aliphatic heterocycles. The average Bonchev–Trinajstić information content (AvgIpc) is 2.16. The van der Waals surface area contributed by atoms with E-state index < -0.39 is 12.0 Å². The fraction of sp³-hybridized carbons (Fsp3) is 0.222. The van der Waals surface area contributed by atoms with Crippen LogP contribution in [0, 0.1) is 0 Å². The molecular weight excluding hydrogens is 250 g/mol. The van der Waals surface area contributed by atoms with E-state index in [0.29, 0.717) is 15.8 Å². The van der Waals surface area contributed by atoms with Crippen molar-refractivity contribution < 1.29 is 14.6 Å².